The molecule has 20 heavy (non-hydrogen) atoms. The predicted molar refractivity (Wildman–Crippen MR) is 79.1 cm³/mol. The van der Waals surface area contributed by atoms with E-state index in [0.717, 1.165) is 21.9 Å². The Morgan fingerprint density at radius 1 is 1.05 bits per heavy atom. The summed E-state index contributed by atoms with van der Waals surface area (Å²) >= 11 is 6.13. The number of rotatable bonds is 2. The molecule has 0 radical (unpaired) electrons. The minimum Gasteiger partial charge on any atom is -0.478 e. The van der Waals surface area contributed by atoms with Crippen molar-refractivity contribution in [2.24, 2.45) is 0 Å². The molecular weight excluding hydrogens is 274 g/mol. The molecule has 98 valence electrons. The largest absolute Gasteiger partial charge is 0.478 e. The van der Waals surface area contributed by atoms with Crippen LogP contribution in [-0.2, 0) is 0 Å². The van der Waals surface area contributed by atoms with E-state index >= 15 is 0 Å². The first kappa shape index (κ1) is 12.6. The highest BCUT2D eigenvalue weighted by molar-refractivity contribution is 6.32. The molecule has 0 unspecified atom stereocenters. The minimum absolute atomic E-state index is 0.255. The number of nitrogens with zero attached hydrogens (tertiary/aromatic N) is 1. The van der Waals surface area contributed by atoms with E-state index in [2.05, 4.69) is 4.98 Å². The quantitative estimate of drug-likeness (QED) is 0.715. The van der Waals surface area contributed by atoms with Crippen molar-refractivity contribution >= 4 is 28.3 Å². The Bertz CT molecular complexity index is 814. The maximum atomic E-state index is 11.1. The molecule has 2 aromatic carbocycles. The van der Waals surface area contributed by atoms with Crippen LogP contribution in [0.25, 0.3) is 21.9 Å². The molecule has 3 rings (SSSR count). The minimum atomic E-state index is -0.945. The van der Waals surface area contributed by atoms with E-state index in [1.807, 2.05) is 24.3 Å². The average Bonchev–Trinajstić information content (AvgIpc) is 2.46. The Morgan fingerprint density at radius 3 is 2.60 bits per heavy atom. The summed E-state index contributed by atoms with van der Waals surface area (Å²) in [7, 11) is 0. The van der Waals surface area contributed by atoms with E-state index in [1.165, 1.54) is 0 Å². The third-order valence-electron chi connectivity index (χ3n) is 3.18. The first-order valence-corrected chi connectivity index (χ1v) is 6.41. The Morgan fingerprint density at radius 2 is 1.85 bits per heavy atom. The Labute approximate surface area is 120 Å². The lowest BCUT2D eigenvalue weighted by Gasteiger charge is -2.08. The van der Waals surface area contributed by atoms with Gasteiger partial charge in [0.15, 0.2) is 0 Å². The summed E-state index contributed by atoms with van der Waals surface area (Å²) in [5, 5.41) is 11.3. The zero-order valence-corrected chi connectivity index (χ0v) is 11.1. The summed E-state index contributed by atoms with van der Waals surface area (Å²) in [6, 6.07) is 14.5. The summed E-state index contributed by atoms with van der Waals surface area (Å²) in [5.41, 5.74) is 1.93. The fourth-order valence-corrected chi connectivity index (χ4v) is 2.45. The molecule has 0 aliphatic carbocycles. The summed E-state index contributed by atoms with van der Waals surface area (Å²) in [6.45, 7) is 0. The first-order valence-electron chi connectivity index (χ1n) is 6.04. The molecule has 0 saturated heterocycles. The topological polar surface area (TPSA) is 50.2 Å². The van der Waals surface area contributed by atoms with Gasteiger partial charge in [0.1, 0.15) is 5.15 Å². The molecule has 0 aliphatic heterocycles. The van der Waals surface area contributed by atoms with Gasteiger partial charge in [-0.25, -0.2) is 9.78 Å². The first-order chi connectivity index (χ1) is 9.66. The lowest BCUT2D eigenvalue weighted by Crippen LogP contribution is -1.96. The van der Waals surface area contributed by atoms with Crippen LogP contribution in [0.1, 0.15) is 10.4 Å². The van der Waals surface area contributed by atoms with E-state index in [-0.39, 0.29) is 5.56 Å². The Balaban J connectivity index is 2.33. The molecule has 1 aromatic heterocycles. The maximum Gasteiger partial charge on any atom is 0.335 e. The van der Waals surface area contributed by atoms with Crippen LogP contribution in [-0.4, -0.2) is 16.1 Å². The van der Waals surface area contributed by atoms with Crippen molar-refractivity contribution in [1.29, 1.82) is 0 Å². The van der Waals surface area contributed by atoms with Gasteiger partial charge in [0, 0.05) is 11.8 Å². The van der Waals surface area contributed by atoms with Crippen LogP contribution in [0, 0.1) is 0 Å². The van der Waals surface area contributed by atoms with Gasteiger partial charge in [0.2, 0.25) is 0 Å². The zero-order chi connectivity index (χ0) is 14.1. The lowest BCUT2D eigenvalue weighted by molar-refractivity contribution is 0.0697. The molecule has 0 bridgehead atoms. The number of pyridine rings is 1. The molecule has 0 fully saturated rings. The van der Waals surface area contributed by atoms with Gasteiger partial charge in [-0.3, -0.25) is 0 Å². The molecule has 0 aliphatic rings. The van der Waals surface area contributed by atoms with E-state index < -0.39 is 5.97 Å². The number of hydrogen-bond donors (Lipinski definition) is 1. The van der Waals surface area contributed by atoms with Crippen molar-refractivity contribution in [2.75, 3.05) is 0 Å². The second kappa shape index (κ2) is 4.94. The third kappa shape index (κ3) is 2.12. The molecule has 0 saturated carbocycles. The summed E-state index contributed by atoms with van der Waals surface area (Å²) in [5.74, 6) is -0.945. The SMILES string of the molecule is O=C(O)c1ccc2cccc(-c3cccnc3Cl)c2c1. The number of carboxylic acid groups (broad SMARTS) is 1. The Kier molecular flexibility index (Phi) is 3.12. The van der Waals surface area contributed by atoms with Crippen LogP contribution in [0.3, 0.4) is 0 Å². The van der Waals surface area contributed by atoms with Crippen LogP contribution in [0.15, 0.2) is 54.7 Å². The maximum absolute atomic E-state index is 11.1. The molecule has 1 heterocycles. The number of fused-ring (bicyclic) bond motifs is 1. The molecule has 1 N–H and O–H groups in total. The van der Waals surface area contributed by atoms with Gasteiger partial charge in [0.05, 0.1) is 5.56 Å². The lowest BCUT2D eigenvalue weighted by atomic mass is 9.98. The van der Waals surface area contributed by atoms with Gasteiger partial charge in [0.25, 0.3) is 0 Å². The van der Waals surface area contributed by atoms with E-state index in [0.29, 0.717) is 5.15 Å². The molecular formula is C16H10ClNO2. The zero-order valence-electron chi connectivity index (χ0n) is 10.4. The van der Waals surface area contributed by atoms with Gasteiger partial charge in [-0.05, 0) is 40.6 Å². The van der Waals surface area contributed by atoms with Crippen LogP contribution < -0.4 is 0 Å². The van der Waals surface area contributed by atoms with Gasteiger partial charge >= 0.3 is 5.97 Å². The second-order valence-corrected chi connectivity index (χ2v) is 4.75. The van der Waals surface area contributed by atoms with Gasteiger partial charge in [-0.15, -0.1) is 0 Å². The third-order valence-corrected chi connectivity index (χ3v) is 3.48. The number of aromatic carboxylic acids is 1. The highest BCUT2D eigenvalue weighted by Gasteiger charge is 2.10. The van der Waals surface area contributed by atoms with Crippen LogP contribution in [0.5, 0.6) is 0 Å². The van der Waals surface area contributed by atoms with Crippen molar-refractivity contribution in [3.8, 4) is 11.1 Å². The molecule has 3 aromatic rings. The summed E-state index contributed by atoms with van der Waals surface area (Å²) in [6.07, 6.45) is 1.62. The van der Waals surface area contributed by atoms with E-state index in [9.17, 15) is 4.79 Å². The van der Waals surface area contributed by atoms with Gasteiger partial charge in [-0.2, -0.15) is 0 Å². The number of carboxylic acids is 1. The smallest absolute Gasteiger partial charge is 0.335 e. The number of aromatic nitrogens is 1. The van der Waals surface area contributed by atoms with E-state index in [1.54, 1.807) is 30.5 Å². The van der Waals surface area contributed by atoms with Gasteiger partial charge < -0.3 is 5.11 Å². The normalized spacial score (nSPS) is 10.7. The highest BCUT2D eigenvalue weighted by atomic mass is 35.5. The van der Waals surface area contributed by atoms with Crippen molar-refractivity contribution in [3.63, 3.8) is 0 Å². The molecule has 3 nitrogen and oxygen atoms in total. The van der Waals surface area contributed by atoms with E-state index in [4.69, 9.17) is 16.7 Å². The van der Waals surface area contributed by atoms with Crippen molar-refractivity contribution in [1.82, 2.24) is 4.98 Å². The van der Waals surface area contributed by atoms with Crippen molar-refractivity contribution in [2.45, 2.75) is 0 Å². The second-order valence-electron chi connectivity index (χ2n) is 4.39. The average molecular weight is 284 g/mol. The van der Waals surface area contributed by atoms with Gasteiger partial charge in [-0.1, -0.05) is 35.9 Å². The fraction of sp³-hybridized carbons (Fsp3) is 0. The van der Waals surface area contributed by atoms with Crippen LogP contribution >= 0.6 is 11.6 Å². The predicted octanol–water partition coefficient (Wildman–Crippen LogP) is 4.25. The number of carbonyl (C=O) groups is 1. The molecule has 0 amide bonds. The summed E-state index contributed by atoms with van der Waals surface area (Å²) in [4.78, 5) is 15.2. The van der Waals surface area contributed by atoms with Crippen molar-refractivity contribution in [3.05, 3.63) is 65.4 Å². The summed E-state index contributed by atoms with van der Waals surface area (Å²) < 4.78 is 0. The molecule has 0 atom stereocenters. The monoisotopic (exact) mass is 283 g/mol. The standard InChI is InChI=1S/C16H10ClNO2/c17-15-13(5-2-8-18-15)12-4-1-3-10-6-7-11(16(19)20)9-14(10)12/h1-9H,(H,19,20). The van der Waals surface area contributed by atoms with Crippen molar-refractivity contribution < 1.29 is 9.90 Å². The number of hydrogen-bond acceptors (Lipinski definition) is 2. The highest BCUT2D eigenvalue weighted by Crippen LogP contribution is 2.32. The molecule has 4 heteroatoms. The fourth-order valence-electron chi connectivity index (χ4n) is 2.23. The Hall–Kier alpha value is -2.39. The van der Waals surface area contributed by atoms with Crippen LogP contribution in [0.4, 0.5) is 0 Å². The van der Waals surface area contributed by atoms with Crippen LogP contribution in [0.2, 0.25) is 5.15 Å². The number of halogens is 1. The molecule has 0 spiro atoms. The number of benzene rings is 2.